The van der Waals surface area contributed by atoms with Crippen LogP contribution in [0.1, 0.15) is 36.8 Å². The fourth-order valence-electron chi connectivity index (χ4n) is 3.80. The van der Waals surface area contributed by atoms with Crippen molar-refractivity contribution in [1.29, 1.82) is 0 Å². The Bertz CT molecular complexity index is 716. The summed E-state index contributed by atoms with van der Waals surface area (Å²) in [5.74, 6) is -1.00. The molecule has 1 N–H and O–H groups in total. The Morgan fingerprint density at radius 1 is 0.960 bits per heavy atom. The van der Waals surface area contributed by atoms with Crippen LogP contribution in [0.25, 0.3) is 0 Å². The second-order valence-corrected chi connectivity index (χ2v) is 6.97. The number of piperazine rings is 1. The Kier molecular flexibility index (Phi) is 5.11. The highest BCUT2D eigenvalue weighted by Gasteiger charge is 2.29. The molecule has 1 fully saturated rings. The minimum atomic E-state index is -0.933. The Morgan fingerprint density at radius 2 is 1.60 bits per heavy atom. The Hall–Kier alpha value is -2.30. The lowest BCUT2D eigenvalue weighted by Crippen LogP contribution is -2.49. The highest BCUT2D eigenvalue weighted by atomic mass is 16.4. The normalized spacial score (nSPS) is 18.5. The van der Waals surface area contributed by atoms with Gasteiger partial charge in [0.25, 0.3) is 0 Å². The molecule has 0 bridgehead atoms. The van der Waals surface area contributed by atoms with Crippen molar-refractivity contribution in [3.05, 3.63) is 40.5 Å². The van der Waals surface area contributed by atoms with E-state index in [1.165, 1.54) is 16.8 Å². The first-order valence-corrected chi connectivity index (χ1v) is 9.05. The Labute approximate surface area is 148 Å². The van der Waals surface area contributed by atoms with E-state index in [0.29, 0.717) is 37.1 Å². The lowest BCUT2D eigenvalue weighted by molar-refractivity contribution is -0.134. The molecular formula is C20H26N2O3. The molecular weight excluding hydrogens is 316 g/mol. The Balaban J connectivity index is 1.71. The third kappa shape index (κ3) is 3.55. The quantitative estimate of drug-likeness (QED) is 0.917. The highest BCUT2D eigenvalue weighted by molar-refractivity contribution is 6.02. The van der Waals surface area contributed by atoms with E-state index in [1.807, 2.05) is 4.90 Å². The summed E-state index contributed by atoms with van der Waals surface area (Å²) in [6, 6.07) is 6.31. The maximum atomic E-state index is 12.8. The van der Waals surface area contributed by atoms with Crippen LogP contribution in [-0.2, 0) is 9.59 Å². The van der Waals surface area contributed by atoms with Crippen LogP contribution in [0.5, 0.6) is 0 Å². The number of amides is 1. The number of hydrogen-bond acceptors (Lipinski definition) is 3. The summed E-state index contributed by atoms with van der Waals surface area (Å²) in [6.45, 7) is 7.10. The van der Waals surface area contributed by atoms with Gasteiger partial charge in [-0.15, -0.1) is 0 Å². The first kappa shape index (κ1) is 17.5. The topological polar surface area (TPSA) is 60.9 Å². The third-order valence-electron chi connectivity index (χ3n) is 5.47. The smallest absolute Gasteiger partial charge is 0.332 e. The van der Waals surface area contributed by atoms with Gasteiger partial charge < -0.3 is 14.9 Å². The predicted molar refractivity (Wildman–Crippen MR) is 97.8 cm³/mol. The monoisotopic (exact) mass is 342 g/mol. The molecule has 0 aromatic heterocycles. The largest absolute Gasteiger partial charge is 0.478 e. The van der Waals surface area contributed by atoms with E-state index in [1.54, 1.807) is 0 Å². The van der Waals surface area contributed by atoms with Crippen molar-refractivity contribution in [3.8, 4) is 0 Å². The van der Waals surface area contributed by atoms with E-state index in [2.05, 4.69) is 36.9 Å². The van der Waals surface area contributed by atoms with Crippen molar-refractivity contribution in [1.82, 2.24) is 4.90 Å². The van der Waals surface area contributed by atoms with Gasteiger partial charge in [0.1, 0.15) is 0 Å². The molecule has 0 unspecified atom stereocenters. The van der Waals surface area contributed by atoms with Crippen LogP contribution in [0.15, 0.2) is 29.3 Å². The molecule has 1 aromatic rings. The van der Waals surface area contributed by atoms with Crippen molar-refractivity contribution in [2.45, 2.75) is 39.5 Å². The average Bonchev–Trinajstić information content (AvgIpc) is 2.63. The zero-order valence-electron chi connectivity index (χ0n) is 15.0. The van der Waals surface area contributed by atoms with Crippen LogP contribution in [-0.4, -0.2) is 48.1 Å². The molecule has 0 spiro atoms. The van der Waals surface area contributed by atoms with Crippen LogP contribution < -0.4 is 4.90 Å². The maximum absolute atomic E-state index is 12.8. The molecule has 0 radical (unpaired) electrons. The minimum absolute atomic E-state index is 0.0716. The summed E-state index contributed by atoms with van der Waals surface area (Å²) in [6.07, 6.45) is 2.87. The second-order valence-electron chi connectivity index (χ2n) is 6.97. The van der Waals surface area contributed by atoms with Crippen molar-refractivity contribution in [2.24, 2.45) is 0 Å². The zero-order chi connectivity index (χ0) is 18.0. The van der Waals surface area contributed by atoms with Crippen LogP contribution >= 0.6 is 0 Å². The number of carboxylic acid groups (broad SMARTS) is 1. The van der Waals surface area contributed by atoms with Crippen LogP contribution in [0.3, 0.4) is 0 Å². The Morgan fingerprint density at radius 3 is 2.24 bits per heavy atom. The van der Waals surface area contributed by atoms with Gasteiger partial charge in [-0.3, -0.25) is 4.79 Å². The van der Waals surface area contributed by atoms with Crippen molar-refractivity contribution < 1.29 is 14.7 Å². The number of aryl methyl sites for hydroxylation is 1. The molecule has 3 rings (SSSR count). The van der Waals surface area contributed by atoms with E-state index in [9.17, 15) is 14.7 Å². The summed E-state index contributed by atoms with van der Waals surface area (Å²) in [4.78, 5) is 28.4. The fraction of sp³-hybridized carbons (Fsp3) is 0.500. The molecule has 5 heteroatoms. The minimum Gasteiger partial charge on any atom is -0.478 e. The number of carboxylic acids is 1. The maximum Gasteiger partial charge on any atom is 0.332 e. The van der Waals surface area contributed by atoms with Gasteiger partial charge in [-0.1, -0.05) is 12.1 Å². The molecule has 1 heterocycles. The van der Waals surface area contributed by atoms with Gasteiger partial charge in [-0.25, -0.2) is 4.79 Å². The van der Waals surface area contributed by atoms with E-state index < -0.39 is 5.97 Å². The van der Waals surface area contributed by atoms with E-state index >= 15 is 0 Å². The SMILES string of the molecule is Cc1cccc(N2CCN(C(=O)C3=C(C(=O)O)CCCC3)CC2)c1C. The first-order valence-electron chi connectivity index (χ1n) is 9.05. The van der Waals surface area contributed by atoms with E-state index in [4.69, 9.17) is 0 Å². The van der Waals surface area contributed by atoms with Gasteiger partial charge in [0.15, 0.2) is 0 Å². The molecule has 1 saturated heterocycles. The van der Waals surface area contributed by atoms with Crippen molar-refractivity contribution in [3.63, 3.8) is 0 Å². The van der Waals surface area contributed by atoms with Gasteiger partial charge in [-0.05, 0) is 56.7 Å². The number of anilines is 1. The molecule has 25 heavy (non-hydrogen) atoms. The summed E-state index contributed by atoms with van der Waals surface area (Å²) < 4.78 is 0. The summed E-state index contributed by atoms with van der Waals surface area (Å²) in [5, 5.41) is 9.37. The average molecular weight is 342 g/mol. The molecule has 0 atom stereocenters. The van der Waals surface area contributed by atoms with Crippen LogP contribution in [0, 0.1) is 13.8 Å². The molecule has 1 amide bonds. The molecule has 134 valence electrons. The number of rotatable bonds is 3. The molecule has 5 nitrogen and oxygen atoms in total. The third-order valence-corrected chi connectivity index (χ3v) is 5.47. The van der Waals surface area contributed by atoms with Crippen molar-refractivity contribution in [2.75, 3.05) is 31.1 Å². The predicted octanol–water partition coefficient (Wildman–Crippen LogP) is 2.91. The molecule has 1 aromatic carbocycles. The second kappa shape index (κ2) is 7.30. The van der Waals surface area contributed by atoms with E-state index in [0.717, 1.165) is 25.9 Å². The van der Waals surface area contributed by atoms with Crippen molar-refractivity contribution >= 4 is 17.6 Å². The van der Waals surface area contributed by atoms with Gasteiger partial charge in [-0.2, -0.15) is 0 Å². The molecule has 1 aliphatic heterocycles. The van der Waals surface area contributed by atoms with Gasteiger partial charge in [0.2, 0.25) is 5.91 Å². The molecule has 0 saturated carbocycles. The van der Waals surface area contributed by atoms with Gasteiger partial charge >= 0.3 is 5.97 Å². The number of hydrogen-bond donors (Lipinski definition) is 1. The number of carbonyl (C=O) groups excluding carboxylic acids is 1. The van der Waals surface area contributed by atoms with Crippen LogP contribution in [0.4, 0.5) is 5.69 Å². The number of nitrogens with zero attached hydrogens (tertiary/aromatic N) is 2. The summed E-state index contributed by atoms with van der Waals surface area (Å²) in [5.41, 5.74) is 4.64. The number of benzene rings is 1. The fourth-order valence-corrected chi connectivity index (χ4v) is 3.80. The molecule has 1 aliphatic carbocycles. The highest BCUT2D eigenvalue weighted by Crippen LogP contribution is 2.28. The zero-order valence-corrected chi connectivity index (χ0v) is 15.0. The van der Waals surface area contributed by atoms with Crippen LogP contribution in [0.2, 0.25) is 0 Å². The van der Waals surface area contributed by atoms with Gasteiger partial charge in [0.05, 0.1) is 0 Å². The first-order chi connectivity index (χ1) is 12.0. The standard InChI is InChI=1S/C20H26N2O3/c1-14-6-5-9-18(15(14)2)21-10-12-22(13-11-21)19(23)16-7-3-4-8-17(16)20(24)25/h5-6,9H,3-4,7-8,10-13H2,1-2H3,(H,24,25). The summed E-state index contributed by atoms with van der Waals surface area (Å²) in [7, 11) is 0. The van der Waals surface area contributed by atoms with E-state index in [-0.39, 0.29) is 5.91 Å². The lowest BCUT2D eigenvalue weighted by Gasteiger charge is -2.37. The summed E-state index contributed by atoms with van der Waals surface area (Å²) >= 11 is 0. The molecule has 2 aliphatic rings. The van der Waals surface area contributed by atoms with Gasteiger partial charge in [0, 0.05) is 43.0 Å². The lowest BCUT2D eigenvalue weighted by atomic mass is 9.90. The number of carbonyl (C=O) groups is 2. The number of aliphatic carboxylic acids is 1.